The Bertz CT molecular complexity index is 484. The number of benzene rings is 1. The van der Waals surface area contributed by atoms with E-state index in [0.29, 0.717) is 25.2 Å². The molecule has 0 aliphatic rings. The summed E-state index contributed by atoms with van der Waals surface area (Å²) >= 11 is 0. The van der Waals surface area contributed by atoms with E-state index in [2.05, 4.69) is 17.6 Å². The van der Waals surface area contributed by atoms with E-state index in [9.17, 15) is 9.59 Å². The minimum Gasteiger partial charge on any atom is -0.380 e. The predicted octanol–water partition coefficient (Wildman–Crippen LogP) is 1.20. The van der Waals surface area contributed by atoms with Gasteiger partial charge in [-0.1, -0.05) is 25.5 Å². The summed E-state index contributed by atoms with van der Waals surface area (Å²) < 4.78 is 5.07. The number of nitrogens with two attached hydrogens (primary N) is 1. The van der Waals surface area contributed by atoms with Crippen LogP contribution in [0.4, 0.5) is 0 Å². The molecule has 23 heavy (non-hydrogen) atoms. The molecule has 0 spiro atoms. The first-order chi connectivity index (χ1) is 11.1. The van der Waals surface area contributed by atoms with E-state index in [1.165, 1.54) is 7.11 Å². The minimum absolute atomic E-state index is 0.0695. The molecular weight excluding hydrogens is 294 g/mol. The molecule has 1 aromatic rings. The van der Waals surface area contributed by atoms with Gasteiger partial charge in [-0.15, -0.1) is 0 Å². The van der Waals surface area contributed by atoms with Crippen LogP contribution in [-0.4, -0.2) is 38.1 Å². The minimum atomic E-state index is -0.260. The van der Waals surface area contributed by atoms with Gasteiger partial charge in [0.15, 0.2) is 0 Å². The smallest absolute Gasteiger partial charge is 0.251 e. The first-order valence-electron chi connectivity index (χ1n) is 7.97. The van der Waals surface area contributed by atoms with E-state index in [4.69, 9.17) is 10.5 Å². The van der Waals surface area contributed by atoms with Gasteiger partial charge in [0.25, 0.3) is 5.91 Å². The van der Waals surface area contributed by atoms with Crippen LogP contribution in [0.15, 0.2) is 24.3 Å². The highest BCUT2D eigenvalue weighted by Crippen LogP contribution is 2.05. The van der Waals surface area contributed by atoms with Crippen LogP contribution >= 0.6 is 0 Å². The van der Waals surface area contributed by atoms with Crippen LogP contribution in [0.1, 0.15) is 42.1 Å². The van der Waals surface area contributed by atoms with Gasteiger partial charge in [0.05, 0.1) is 12.5 Å². The van der Waals surface area contributed by atoms with Crippen LogP contribution in [-0.2, 0) is 16.1 Å². The summed E-state index contributed by atoms with van der Waals surface area (Å²) in [4.78, 5) is 23.6. The van der Waals surface area contributed by atoms with Crippen LogP contribution < -0.4 is 16.4 Å². The SMILES string of the molecule is CCCCNC(=O)c1ccc(CNC(=O)CC(CN)OC)cc1. The summed E-state index contributed by atoms with van der Waals surface area (Å²) in [5.41, 5.74) is 7.04. The highest BCUT2D eigenvalue weighted by molar-refractivity contribution is 5.94. The van der Waals surface area contributed by atoms with Gasteiger partial charge in [0.2, 0.25) is 5.91 Å². The summed E-state index contributed by atoms with van der Waals surface area (Å²) in [7, 11) is 1.54. The van der Waals surface area contributed by atoms with Crippen LogP contribution in [0.3, 0.4) is 0 Å². The van der Waals surface area contributed by atoms with E-state index in [1.54, 1.807) is 12.1 Å². The molecule has 0 radical (unpaired) electrons. The lowest BCUT2D eigenvalue weighted by atomic mass is 10.1. The molecule has 1 aromatic carbocycles. The molecule has 128 valence electrons. The highest BCUT2D eigenvalue weighted by Gasteiger charge is 2.11. The molecule has 0 bridgehead atoms. The zero-order valence-corrected chi connectivity index (χ0v) is 13.9. The topological polar surface area (TPSA) is 93.5 Å². The molecule has 0 aliphatic carbocycles. The second-order valence-electron chi connectivity index (χ2n) is 5.38. The fraction of sp³-hybridized carbons (Fsp3) is 0.529. The normalized spacial score (nSPS) is 11.8. The van der Waals surface area contributed by atoms with Crippen molar-refractivity contribution in [1.82, 2.24) is 10.6 Å². The van der Waals surface area contributed by atoms with E-state index in [-0.39, 0.29) is 24.3 Å². The zero-order chi connectivity index (χ0) is 17.1. The van der Waals surface area contributed by atoms with Crippen molar-refractivity contribution in [2.45, 2.75) is 38.8 Å². The Morgan fingerprint density at radius 2 is 1.91 bits per heavy atom. The number of methoxy groups -OCH3 is 1. The van der Waals surface area contributed by atoms with Gasteiger partial charge in [-0.25, -0.2) is 0 Å². The predicted molar refractivity (Wildman–Crippen MR) is 90.0 cm³/mol. The molecule has 4 N–H and O–H groups in total. The standard InChI is InChI=1S/C17H27N3O3/c1-3-4-9-19-17(22)14-7-5-13(6-8-14)12-20-16(21)10-15(11-18)23-2/h5-8,15H,3-4,9-12,18H2,1-2H3,(H,19,22)(H,20,21). The fourth-order valence-electron chi connectivity index (χ4n) is 2.00. The molecule has 1 atom stereocenters. The molecule has 0 heterocycles. The van der Waals surface area contributed by atoms with Crippen molar-refractivity contribution in [2.75, 3.05) is 20.2 Å². The molecule has 0 saturated carbocycles. The summed E-state index contributed by atoms with van der Waals surface area (Å²) in [6.07, 6.45) is 2.00. The number of carbonyl (C=O) groups is 2. The Balaban J connectivity index is 2.42. The monoisotopic (exact) mass is 321 g/mol. The third kappa shape index (κ3) is 7.25. The van der Waals surface area contributed by atoms with Crippen molar-refractivity contribution in [1.29, 1.82) is 0 Å². The summed E-state index contributed by atoms with van der Waals surface area (Å²) in [5, 5.41) is 5.68. The molecule has 6 nitrogen and oxygen atoms in total. The molecule has 1 unspecified atom stereocenters. The quantitative estimate of drug-likeness (QED) is 0.564. The van der Waals surface area contributed by atoms with Crippen molar-refractivity contribution in [2.24, 2.45) is 5.73 Å². The number of nitrogens with one attached hydrogen (secondary N) is 2. The number of hydrogen-bond acceptors (Lipinski definition) is 4. The van der Waals surface area contributed by atoms with Gasteiger partial charge in [-0.3, -0.25) is 9.59 Å². The van der Waals surface area contributed by atoms with E-state index >= 15 is 0 Å². The average Bonchev–Trinajstić information content (AvgIpc) is 2.58. The molecule has 2 amide bonds. The molecular formula is C17H27N3O3. The molecule has 0 saturated heterocycles. The third-order valence-corrected chi connectivity index (χ3v) is 3.53. The van der Waals surface area contributed by atoms with Crippen LogP contribution in [0, 0.1) is 0 Å². The van der Waals surface area contributed by atoms with E-state index < -0.39 is 0 Å². The van der Waals surface area contributed by atoms with Crippen LogP contribution in [0.25, 0.3) is 0 Å². The first-order valence-corrected chi connectivity index (χ1v) is 7.97. The molecule has 0 aliphatic heterocycles. The van der Waals surface area contributed by atoms with Gasteiger partial charge >= 0.3 is 0 Å². The fourth-order valence-corrected chi connectivity index (χ4v) is 2.00. The number of hydrogen-bond donors (Lipinski definition) is 3. The first kappa shape index (κ1) is 19.1. The third-order valence-electron chi connectivity index (χ3n) is 3.53. The second kappa shape index (κ2) is 10.7. The van der Waals surface area contributed by atoms with Crippen molar-refractivity contribution in [3.8, 4) is 0 Å². The number of rotatable bonds is 10. The summed E-state index contributed by atoms with van der Waals surface area (Å²) in [5.74, 6) is -0.177. The lowest BCUT2D eigenvalue weighted by Gasteiger charge is -2.12. The number of ether oxygens (including phenoxy) is 1. The molecule has 0 fully saturated rings. The Hall–Kier alpha value is -1.92. The summed E-state index contributed by atoms with van der Waals surface area (Å²) in [6.45, 7) is 3.50. The van der Waals surface area contributed by atoms with Crippen molar-refractivity contribution < 1.29 is 14.3 Å². The Morgan fingerprint density at radius 1 is 1.22 bits per heavy atom. The van der Waals surface area contributed by atoms with E-state index in [0.717, 1.165) is 18.4 Å². The van der Waals surface area contributed by atoms with Crippen molar-refractivity contribution in [3.63, 3.8) is 0 Å². The van der Waals surface area contributed by atoms with Gasteiger partial charge in [0, 0.05) is 32.3 Å². The molecule has 6 heteroatoms. The van der Waals surface area contributed by atoms with Crippen LogP contribution in [0.5, 0.6) is 0 Å². The average molecular weight is 321 g/mol. The van der Waals surface area contributed by atoms with Gasteiger partial charge < -0.3 is 21.1 Å². The largest absolute Gasteiger partial charge is 0.380 e. The Morgan fingerprint density at radius 3 is 2.48 bits per heavy atom. The number of unbranched alkanes of at least 4 members (excludes halogenated alkanes) is 1. The molecule has 1 rings (SSSR count). The maximum atomic E-state index is 11.9. The van der Waals surface area contributed by atoms with Gasteiger partial charge in [0.1, 0.15) is 0 Å². The lowest BCUT2D eigenvalue weighted by Crippen LogP contribution is -2.31. The zero-order valence-electron chi connectivity index (χ0n) is 13.9. The van der Waals surface area contributed by atoms with Crippen molar-refractivity contribution >= 4 is 11.8 Å². The van der Waals surface area contributed by atoms with Gasteiger partial charge in [-0.05, 0) is 24.1 Å². The Kier molecular flexibility index (Phi) is 8.94. The summed E-state index contributed by atoms with van der Waals surface area (Å²) in [6, 6.07) is 7.21. The lowest BCUT2D eigenvalue weighted by molar-refractivity contribution is -0.123. The van der Waals surface area contributed by atoms with Crippen molar-refractivity contribution in [3.05, 3.63) is 35.4 Å². The van der Waals surface area contributed by atoms with Gasteiger partial charge in [-0.2, -0.15) is 0 Å². The maximum Gasteiger partial charge on any atom is 0.251 e. The second-order valence-corrected chi connectivity index (χ2v) is 5.38. The maximum absolute atomic E-state index is 11.9. The number of amides is 2. The highest BCUT2D eigenvalue weighted by atomic mass is 16.5. The Labute approximate surface area is 137 Å². The van der Waals surface area contributed by atoms with Crippen LogP contribution in [0.2, 0.25) is 0 Å². The number of carbonyl (C=O) groups excluding carboxylic acids is 2. The molecule has 0 aromatic heterocycles. The van der Waals surface area contributed by atoms with E-state index in [1.807, 2.05) is 12.1 Å².